The van der Waals surface area contributed by atoms with E-state index in [2.05, 4.69) is 10.2 Å². The van der Waals surface area contributed by atoms with Crippen molar-refractivity contribution in [3.8, 4) is 6.01 Å². The van der Waals surface area contributed by atoms with Crippen molar-refractivity contribution in [3.05, 3.63) is 23.9 Å². The number of rotatable bonds is 2. The molecule has 0 amide bonds. The number of hydrogen-bond acceptors (Lipinski definition) is 3. The number of aryl methyl sites for hydroxylation is 1. The van der Waals surface area contributed by atoms with Crippen LogP contribution in [-0.2, 0) is 0 Å². The van der Waals surface area contributed by atoms with Gasteiger partial charge in [0.2, 0.25) is 0 Å². The molecule has 68 valence electrons. The Kier molecular flexibility index (Phi) is 1.88. The molecule has 0 aliphatic rings. The number of fused-ring (bicyclic) bond motifs is 1. The van der Waals surface area contributed by atoms with E-state index in [1.807, 2.05) is 36.6 Å². The van der Waals surface area contributed by atoms with Gasteiger partial charge in [0.1, 0.15) is 0 Å². The number of aromatic nitrogens is 3. The monoisotopic (exact) mass is 177 g/mol. The minimum Gasteiger partial charge on any atom is -0.464 e. The van der Waals surface area contributed by atoms with E-state index in [0.29, 0.717) is 12.6 Å². The lowest BCUT2D eigenvalue weighted by molar-refractivity contribution is 0.309. The van der Waals surface area contributed by atoms with E-state index in [9.17, 15) is 0 Å². The van der Waals surface area contributed by atoms with Crippen LogP contribution in [0.15, 0.2) is 18.3 Å². The molecule has 0 radical (unpaired) electrons. The molecule has 0 saturated heterocycles. The van der Waals surface area contributed by atoms with Gasteiger partial charge >= 0.3 is 6.01 Å². The first-order valence-electron chi connectivity index (χ1n) is 4.25. The van der Waals surface area contributed by atoms with Gasteiger partial charge in [0.25, 0.3) is 0 Å². The third kappa shape index (κ3) is 1.35. The Morgan fingerprint density at radius 3 is 3.00 bits per heavy atom. The quantitative estimate of drug-likeness (QED) is 0.696. The molecule has 4 nitrogen and oxygen atoms in total. The predicted molar refractivity (Wildman–Crippen MR) is 48.9 cm³/mol. The van der Waals surface area contributed by atoms with Crippen LogP contribution >= 0.6 is 0 Å². The van der Waals surface area contributed by atoms with Gasteiger partial charge in [-0.05, 0) is 25.5 Å². The topological polar surface area (TPSA) is 39.4 Å². The van der Waals surface area contributed by atoms with Gasteiger partial charge in [-0.1, -0.05) is 11.2 Å². The molecule has 0 aliphatic carbocycles. The highest BCUT2D eigenvalue weighted by molar-refractivity contribution is 5.40. The molecule has 0 N–H and O–H groups in total. The van der Waals surface area contributed by atoms with Crippen LogP contribution < -0.4 is 4.74 Å². The molecule has 0 fully saturated rings. The molecule has 0 atom stereocenters. The van der Waals surface area contributed by atoms with Crippen LogP contribution in [0.1, 0.15) is 12.5 Å². The molecule has 2 aromatic heterocycles. The Balaban J connectivity index is 2.58. The van der Waals surface area contributed by atoms with Crippen molar-refractivity contribution in [3.63, 3.8) is 0 Å². The SMILES string of the molecule is CCOc1nnc2ccc(C)cn12. The number of ether oxygens (including phenoxy) is 1. The Morgan fingerprint density at radius 1 is 1.38 bits per heavy atom. The van der Waals surface area contributed by atoms with Crippen LogP contribution in [0.3, 0.4) is 0 Å². The summed E-state index contributed by atoms with van der Waals surface area (Å²) in [7, 11) is 0. The fourth-order valence-electron chi connectivity index (χ4n) is 1.20. The van der Waals surface area contributed by atoms with E-state index in [1.165, 1.54) is 0 Å². The van der Waals surface area contributed by atoms with Crippen LogP contribution in [-0.4, -0.2) is 21.2 Å². The Labute approximate surface area is 76.2 Å². The predicted octanol–water partition coefficient (Wildman–Crippen LogP) is 1.44. The first kappa shape index (κ1) is 8.04. The van der Waals surface area contributed by atoms with Crippen molar-refractivity contribution in [2.45, 2.75) is 13.8 Å². The number of nitrogens with zero attached hydrogens (tertiary/aromatic N) is 3. The summed E-state index contributed by atoms with van der Waals surface area (Å²) in [5, 5.41) is 7.88. The normalized spacial score (nSPS) is 10.6. The molecule has 0 bridgehead atoms. The van der Waals surface area contributed by atoms with Crippen molar-refractivity contribution in [2.24, 2.45) is 0 Å². The summed E-state index contributed by atoms with van der Waals surface area (Å²) in [4.78, 5) is 0. The van der Waals surface area contributed by atoms with Crippen molar-refractivity contribution >= 4 is 5.65 Å². The van der Waals surface area contributed by atoms with E-state index in [0.717, 1.165) is 11.2 Å². The molecule has 4 heteroatoms. The molecule has 13 heavy (non-hydrogen) atoms. The average Bonchev–Trinajstić information content (AvgIpc) is 2.49. The number of pyridine rings is 1. The lowest BCUT2D eigenvalue weighted by Crippen LogP contribution is -1.97. The van der Waals surface area contributed by atoms with Crippen molar-refractivity contribution in [1.82, 2.24) is 14.6 Å². The minimum atomic E-state index is 0.557. The smallest absolute Gasteiger partial charge is 0.321 e. The summed E-state index contributed by atoms with van der Waals surface area (Å²) in [6.45, 7) is 4.56. The van der Waals surface area contributed by atoms with Crippen LogP contribution in [0, 0.1) is 6.92 Å². The largest absolute Gasteiger partial charge is 0.464 e. The molecule has 2 aromatic rings. The van der Waals surface area contributed by atoms with Gasteiger partial charge < -0.3 is 4.74 Å². The molecule has 0 spiro atoms. The van der Waals surface area contributed by atoms with Gasteiger partial charge in [-0.15, -0.1) is 5.10 Å². The zero-order valence-corrected chi connectivity index (χ0v) is 7.69. The van der Waals surface area contributed by atoms with Gasteiger partial charge in [-0.25, -0.2) is 0 Å². The summed E-state index contributed by atoms with van der Waals surface area (Å²) < 4.78 is 7.15. The maximum absolute atomic E-state index is 5.30. The summed E-state index contributed by atoms with van der Waals surface area (Å²) in [5.41, 5.74) is 1.97. The standard InChI is InChI=1S/C9H11N3O/c1-3-13-9-11-10-8-5-4-7(2)6-12(8)9/h4-6H,3H2,1-2H3. The highest BCUT2D eigenvalue weighted by Crippen LogP contribution is 2.11. The van der Waals surface area contributed by atoms with Crippen LogP contribution in [0.25, 0.3) is 5.65 Å². The van der Waals surface area contributed by atoms with E-state index in [4.69, 9.17) is 4.74 Å². The van der Waals surface area contributed by atoms with Gasteiger partial charge in [0.05, 0.1) is 6.61 Å². The molecule has 0 aliphatic heterocycles. The first-order chi connectivity index (χ1) is 6.31. The van der Waals surface area contributed by atoms with E-state index in [-0.39, 0.29) is 0 Å². The highest BCUT2D eigenvalue weighted by atomic mass is 16.5. The fraction of sp³-hybridized carbons (Fsp3) is 0.333. The van der Waals surface area contributed by atoms with Crippen LogP contribution in [0.4, 0.5) is 0 Å². The third-order valence-electron chi connectivity index (χ3n) is 1.79. The summed E-state index contributed by atoms with van der Waals surface area (Å²) >= 11 is 0. The molecule has 0 aromatic carbocycles. The fourth-order valence-corrected chi connectivity index (χ4v) is 1.20. The van der Waals surface area contributed by atoms with E-state index in [1.54, 1.807) is 0 Å². The molecular weight excluding hydrogens is 166 g/mol. The Hall–Kier alpha value is -1.58. The van der Waals surface area contributed by atoms with Crippen LogP contribution in [0.2, 0.25) is 0 Å². The molecular formula is C9H11N3O. The maximum atomic E-state index is 5.30. The first-order valence-corrected chi connectivity index (χ1v) is 4.25. The van der Waals surface area contributed by atoms with Gasteiger partial charge in [0, 0.05) is 6.20 Å². The summed E-state index contributed by atoms with van der Waals surface area (Å²) in [6, 6.07) is 4.48. The minimum absolute atomic E-state index is 0.557. The van der Waals surface area contributed by atoms with Crippen molar-refractivity contribution in [1.29, 1.82) is 0 Å². The third-order valence-corrected chi connectivity index (χ3v) is 1.79. The maximum Gasteiger partial charge on any atom is 0.321 e. The van der Waals surface area contributed by atoms with Crippen LogP contribution in [0.5, 0.6) is 6.01 Å². The highest BCUT2D eigenvalue weighted by Gasteiger charge is 2.04. The Morgan fingerprint density at radius 2 is 2.23 bits per heavy atom. The van der Waals surface area contributed by atoms with Gasteiger partial charge in [-0.3, -0.25) is 4.40 Å². The average molecular weight is 177 g/mol. The summed E-state index contributed by atoms with van der Waals surface area (Å²) in [6.07, 6.45) is 1.96. The molecule has 0 saturated carbocycles. The van der Waals surface area contributed by atoms with Crippen molar-refractivity contribution in [2.75, 3.05) is 6.61 Å². The second-order valence-electron chi connectivity index (χ2n) is 2.85. The lowest BCUT2D eigenvalue weighted by atomic mass is 10.3. The zero-order chi connectivity index (χ0) is 9.26. The van der Waals surface area contributed by atoms with Crippen molar-refractivity contribution < 1.29 is 4.74 Å². The summed E-state index contributed by atoms with van der Waals surface area (Å²) in [5.74, 6) is 0. The lowest BCUT2D eigenvalue weighted by Gasteiger charge is -2.00. The second-order valence-corrected chi connectivity index (χ2v) is 2.85. The Bertz CT molecular complexity index is 422. The van der Waals surface area contributed by atoms with Gasteiger partial charge in [-0.2, -0.15) is 0 Å². The molecule has 2 heterocycles. The van der Waals surface area contributed by atoms with Gasteiger partial charge in [0.15, 0.2) is 5.65 Å². The number of hydrogen-bond donors (Lipinski definition) is 0. The van der Waals surface area contributed by atoms with E-state index >= 15 is 0 Å². The molecule has 2 rings (SSSR count). The second kappa shape index (κ2) is 3.05. The molecule has 0 unspecified atom stereocenters. The zero-order valence-electron chi connectivity index (χ0n) is 7.69. The van der Waals surface area contributed by atoms with E-state index < -0.39 is 0 Å².